The molecule has 0 radical (unpaired) electrons. The number of hydrogen-bond acceptors (Lipinski definition) is 5. The number of carbonyl (C=O) groups excluding carboxylic acids is 1. The Morgan fingerprint density at radius 3 is 2.68 bits per heavy atom. The Balaban J connectivity index is 2.16. The number of nitrogens with one attached hydrogen (secondary N) is 1. The molecule has 1 amide bonds. The topological polar surface area (TPSA) is 99.6 Å². The molecule has 1 aromatic heterocycles. The Bertz CT molecular complexity index is 808. The minimum Gasteiger partial charge on any atom is -0.289 e. The Labute approximate surface area is 127 Å². The van der Waals surface area contributed by atoms with Crippen molar-refractivity contribution < 1.29 is 18.4 Å². The lowest BCUT2D eigenvalue weighted by Gasteiger charge is -2.25. The van der Waals surface area contributed by atoms with Gasteiger partial charge < -0.3 is 0 Å². The highest BCUT2D eigenvalue weighted by Gasteiger charge is 2.43. The van der Waals surface area contributed by atoms with E-state index in [-0.39, 0.29) is 11.3 Å². The van der Waals surface area contributed by atoms with Crippen LogP contribution in [0, 0.1) is 0 Å². The van der Waals surface area contributed by atoms with Crippen molar-refractivity contribution in [1.82, 2.24) is 10.5 Å². The molecule has 7 nitrogen and oxygen atoms in total. The van der Waals surface area contributed by atoms with Crippen molar-refractivity contribution in [3.05, 3.63) is 54.4 Å². The van der Waals surface area contributed by atoms with Crippen LogP contribution in [-0.2, 0) is 14.8 Å². The lowest BCUT2D eigenvalue weighted by molar-refractivity contribution is -0.129. The van der Waals surface area contributed by atoms with Crippen LogP contribution in [0.2, 0.25) is 0 Å². The van der Waals surface area contributed by atoms with E-state index in [1.54, 1.807) is 41.9 Å². The Hall–Kier alpha value is -2.45. The first kappa shape index (κ1) is 14.5. The standard InChI is InChI=1S/C14H13N3O4S/c18-14(16-19)8-12-11-6-7-15-9-13(11)22(20,21)17(12)10-4-2-1-3-5-10/h1-7,9,12,19H,8H2,(H,16,18). The number of rotatable bonds is 3. The molecule has 1 atom stereocenters. The smallest absolute Gasteiger partial charge is 0.266 e. The number of sulfonamides is 1. The van der Waals surface area contributed by atoms with Gasteiger partial charge in [-0.15, -0.1) is 0 Å². The number of hydroxylamine groups is 1. The lowest BCUT2D eigenvalue weighted by atomic mass is 10.0. The molecule has 0 saturated carbocycles. The van der Waals surface area contributed by atoms with Crippen molar-refractivity contribution in [2.75, 3.05) is 4.31 Å². The molecule has 1 aromatic carbocycles. The first-order valence-corrected chi connectivity index (χ1v) is 7.96. The molecule has 2 heterocycles. The first-order valence-electron chi connectivity index (χ1n) is 6.52. The molecule has 0 aliphatic carbocycles. The number of nitrogens with zero attached hydrogens (tertiary/aromatic N) is 2. The molecule has 1 aliphatic rings. The Kier molecular flexibility index (Phi) is 3.55. The van der Waals surface area contributed by atoms with Gasteiger partial charge in [0.15, 0.2) is 0 Å². The van der Waals surface area contributed by atoms with Crippen LogP contribution in [0.1, 0.15) is 18.0 Å². The minimum absolute atomic E-state index is 0.0783. The number of aromatic nitrogens is 1. The van der Waals surface area contributed by atoms with Crippen molar-refractivity contribution in [2.24, 2.45) is 0 Å². The summed E-state index contributed by atoms with van der Waals surface area (Å²) in [5, 5.41) is 8.75. The second-order valence-corrected chi connectivity index (χ2v) is 6.59. The first-order chi connectivity index (χ1) is 10.6. The van der Waals surface area contributed by atoms with Gasteiger partial charge in [-0.25, -0.2) is 13.9 Å². The number of amides is 1. The van der Waals surface area contributed by atoms with Crippen LogP contribution in [0.4, 0.5) is 5.69 Å². The third-order valence-corrected chi connectivity index (χ3v) is 5.39. The number of anilines is 1. The van der Waals surface area contributed by atoms with Crippen LogP contribution in [-0.4, -0.2) is 24.5 Å². The van der Waals surface area contributed by atoms with Gasteiger partial charge in [0.05, 0.1) is 18.2 Å². The normalized spacial score (nSPS) is 18.8. The molecule has 3 rings (SSSR count). The predicted octanol–water partition coefficient (Wildman–Crippen LogP) is 1.23. The molecule has 2 N–H and O–H groups in total. The molecule has 1 unspecified atom stereocenters. The monoisotopic (exact) mass is 319 g/mol. The Morgan fingerprint density at radius 2 is 2.00 bits per heavy atom. The maximum Gasteiger partial charge on any atom is 0.266 e. The highest BCUT2D eigenvalue weighted by atomic mass is 32.2. The molecule has 0 saturated heterocycles. The summed E-state index contributed by atoms with van der Waals surface area (Å²) < 4.78 is 26.7. The average Bonchev–Trinajstić information content (AvgIpc) is 2.76. The predicted molar refractivity (Wildman–Crippen MR) is 77.6 cm³/mol. The third kappa shape index (κ3) is 2.22. The molecule has 2 aromatic rings. The maximum atomic E-state index is 12.8. The zero-order valence-electron chi connectivity index (χ0n) is 11.4. The lowest BCUT2D eigenvalue weighted by Crippen LogP contribution is -2.32. The number of benzene rings is 1. The van der Waals surface area contributed by atoms with E-state index < -0.39 is 22.0 Å². The number of pyridine rings is 1. The highest BCUT2D eigenvalue weighted by Crippen LogP contribution is 2.43. The van der Waals surface area contributed by atoms with E-state index in [1.165, 1.54) is 16.7 Å². The fourth-order valence-electron chi connectivity index (χ4n) is 2.59. The molecular weight excluding hydrogens is 306 g/mol. The molecule has 0 bridgehead atoms. The van der Waals surface area contributed by atoms with Crippen LogP contribution >= 0.6 is 0 Å². The SMILES string of the molecule is O=C(CC1c2ccncc2S(=O)(=O)N1c1ccccc1)NO. The van der Waals surface area contributed by atoms with Gasteiger partial charge in [0.2, 0.25) is 5.91 Å². The summed E-state index contributed by atoms with van der Waals surface area (Å²) in [6.07, 6.45) is 2.56. The van der Waals surface area contributed by atoms with E-state index in [1.807, 2.05) is 0 Å². The summed E-state index contributed by atoms with van der Waals surface area (Å²) in [6, 6.07) is 9.37. The highest BCUT2D eigenvalue weighted by molar-refractivity contribution is 7.93. The number of para-hydroxylation sites is 1. The number of carbonyl (C=O) groups is 1. The summed E-state index contributed by atoms with van der Waals surface area (Å²) in [7, 11) is -3.79. The van der Waals surface area contributed by atoms with E-state index in [2.05, 4.69) is 4.98 Å². The van der Waals surface area contributed by atoms with Gasteiger partial charge in [0, 0.05) is 12.4 Å². The van der Waals surface area contributed by atoms with Gasteiger partial charge in [-0.3, -0.25) is 19.3 Å². The Morgan fingerprint density at radius 1 is 1.27 bits per heavy atom. The third-order valence-electron chi connectivity index (χ3n) is 3.51. The average molecular weight is 319 g/mol. The summed E-state index contributed by atoms with van der Waals surface area (Å²) in [6.45, 7) is 0. The van der Waals surface area contributed by atoms with Gasteiger partial charge >= 0.3 is 0 Å². The van der Waals surface area contributed by atoms with E-state index in [4.69, 9.17) is 5.21 Å². The summed E-state index contributed by atoms with van der Waals surface area (Å²) >= 11 is 0. The van der Waals surface area contributed by atoms with Crippen molar-refractivity contribution in [3.8, 4) is 0 Å². The van der Waals surface area contributed by atoms with Crippen LogP contribution in [0.3, 0.4) is 0 Å². The summed E-state index contributed by atoms with van der Waals surface area (Å²) in [5.74, 6) is -0.661. The number of fused-ring (bicyclic) bond motifs is 1. The largest absolute Gasteiger partial charge is 0.289 e. The van der Waals surface area contributed by atoms with E-state index >= 15 is 0 Å². The number of hydrogen-bond donors (Lipinski definition) is 2. The molecule has 1 aliphatic heterocycles. The quantitative estimate of drug-likeness (QED) is 0.655. The fraction of sp³-hybridized carbons (Fsp3) is 0.143. The second kappa shape index (κ2) is 5.39. The second-order valence-electron chi connectivity index (χ2n) is 4.80. The minimum atomic E-state index is -3.79. The molecule has 0 spiro atoms. The molecule has 8 heteroatoms. The van der Waals surface area contributed by atoms with Gasteiger partial charge in [0.25, 0.3) is 10.0 Å². The summed E-state index contributed by atoms with van der Waals surface area (Å²) in [4.78, 5) is 15.5. The van der Waals surface area contributed by atoms with E-state index in [0.717, 1.165) is 0 Å². The van der Waals surface area contributed by atoms with Gasteiger partial charge in [-0.2, -0.15) is 0 Å². The molecule has 0 fully saturated rings. The maximum absolute atomic E-state index is 12.8. The van der Waals surface area contributed by atoms with E-state index in [0.29, 0.717) is 11.3 Å². The molecule has 114 valence electrons. The van der Waals surface area contributed by atoms with Crippen LogP contribution in [0.5, 0.6) is 0 Å². The van der Waals surface area contributed by atoms with Crippen LogP contribution in [0.25, 0.3) is 0 Å². The van der Waals surface area contributed by atoms with Crippen molar-refractivity contribution in [3.63, 3.8) is 0 Å². The van der Waals surface area contributed by atoms with Crippen LogP contribution in [0.15, 0.2) is 53.7 Å². The molecular formula is C14H13N3O4S. The van der Waals surface area contributed by atoms with Gasteiger partial charge in [0.1, 0.15) is 4.90 Å². The molecule has 22 heavy (non-hydrogen) atoms. The fourth-order valence-corrected chi connectivity index (χ4v) is 4.42. The van der Waals surface area contributed by atoms with E-state index in [9.17, 15) is 13.2 Å². The van der Waals surface area contributed by atoms with Crippen LogP contribution < -0.4 is 9.79 Å². The van der Waals surface area contributed by atoms with Crippen molar-refractivity contribution >= 4 is 21.6 Å². The van der Waals surface area contributed by atoms with Crippen molar-refractivity contribution in [2.45, 2.75) is 17.4 Å². The van der Waals surface area contributed by atoms with Gasteiger partial charge in [-0.05, 0) is 23.8 Å². The summed E-state index contributed by atoms with van der Waals surface area (Å²) in [5.41, 5.74) is 2.49. The zero-order valence-corrected chi connectivity index (χ0v) is 12.2. The van der Waals surface area contributed by atoms with Gasteiger partial charge in [-0.1, -0.05) is 18.2 Å². The van der Waals surface area contributed by atoms with Crippen molar-refractivity contribution in [1.29, 1.82) is 0 Å². The zero-order chi connectivity index (χ0) is 15.7.